The lowest BCUT2D eigenvalue weighted by atomic mass is 9.34. The average molecular weight is 523 g/mol. The summed E-state index contributed by atoms with van der Waals surface area (Å²) in [6.07, 6.45) is 44.2. The van der Waals surface area contributed by atoms with Gasteiger partial charge in [0.05, 0.1) is 0 Å². The largest absolute Gasteiger partial charge is 0.0651 e. The predicted octanol–water partition coefficient (Wildman–Crippen LogP) is 12.3. The zero-order valence-corrected chi connectivity index (χ0v) is 25.8. The Morgan fingerprint density at radius 3 is 1.11 bits per heavy atom. The van der Waals surface area contributed by atoms with Crippen LogP contribution in [0.15, 0.2) is 0 Å². The van der Waals surface area contributed by atoms with Gasteiger partial charge in [0.1, 0.15) is 0 Å². The van der Waals surface area contributed by atoms with Gasteiger partial charge in [-0.3, -0.25) is 0 Å². The molecule has 0 aromatic heterocycles. The SMILES string of the molecule is CCC(C1CCC1)C(C1CCCC1)(C1CC1)C(C1CCCCCCC1)(C1CCCCCC1)C1CCCCC1. The van der Waals surface area contributed by atoms with Crippen molar-refractivity contribution in [1.29, 1.82) is 0 Å². The first-order valence-electron chi connectivity index (χ1n) is 18.8. The van der Waals surface area contributed by atoms with Gasteiger partial charge in [-0.2, -0.15) is 0 Å². The smallest absolute Gasteiger partial charge is 0.0146 e. The van der Waals surface area contributed by atoms with Crippen LogP contribution >= 0.6 is 0 Å². The highest BCUT2D eigenvalue weighted by molar-refractivity contribution is 5.19. The second-order valence-electron chi connectivity index (χ2n) is 15.9. The van der Waals surface area contributed by atoms with Gasteiger partial charge >= 0.3 is 0 Å². The molecule has 38 heavy (non-hydrogen) atoms. The van der Waals surface area contributed by atoms with Crippen LogP contribution in [0.3, 0.4) is 0 Å². The molecule has 0 N–H and O–H groups in total. The van der Waals surface area contributed by atoms with Crippen LogP contribution in [0.25, 0.3) is 0 Å². The molecule has 6 fully saturated rings. The number of hydrogen-bond acceptors (Lipinski definition) is 0. The molecular formula is C38H66. The van der Waals surface area contributed by atoms with E-state index in [4.69, 9.17) is 0 Å². The molecule has 0 bridgehead atoms. The summed E-state index contributed by atoms with van der Waals surface area (Å²) < 4.78 is 0. The van der Waals surface area contributed by atoms with Gasteiger partial charge in [-0.25, -0.2) is 0 Å². The Kier molecular flexibility index (Phi) is 9.54. The van der Waals surface area contributed by atoms with E-state index in [0.29, 0.717) is 10.8 Å². The van der Waals surface area contributed by atoms with E-state index in [1.54, 1.807) is 167 Å². The van der Waals surface area contributed by atoms with Crippen molar-refractivity contribution in [3.05, 3.63) is 0 Å². The van der Waals surface area contributed by atoms with Crippen LogP contribution in [0.2, 0.25) is 0 Å². The van der Waals surface area contributed by atoms with E-state index in [2.05, 4.69) is 6.92 Å². The topological polar surface area (TPSA) is 0 Å². The Hall–Kier alpha value is 0. The Balaban J connectivity index is 1.59. The van der Waals surface area contributed by atoms with Gasteiger partial charge in [0.15, 0.2) is 0 Å². The van der Waals surface area contributed by atoms with E-state index in [9.17, 15) is 0 Å². The highest BCUT2D eigenvalue weighted by Gasteiger charge is 2.71. The molecule has 0 aromatic rings. The summed E-state index contributed by atoms with van der Waals surface area (Å²) in [7, 11) is 0. The fraction of sp³-hybridized carbons (Fsp3) is 1.00. The maximum Gasteiger partial charge on any atom is -0.0146 e. The van der Waals surface area contributed by atoms with E-state index >= 15 is 0 Å². The third-order valence-corrected chi connectivity index (χ3v) is 14.4. The first-order chi connectivity index (χ1) is 18.8. The maximum absolute atomic E-state index is 2.70. The van der Waals surface area contributed by atoms with E-state index in [-0.39, 0.29) is 0 Å². The van der Waals surface area contributed by atoms with E-state index in [1.165, 1.54) is 12.8 Å². The van der Waals surface area contributed by atoms with Crippen molar-refractivity contribution in [2.24, 2.45) is 52.3 Å². The van der Waals surface area contributed by atoms with Crippen LogP contribution in [0.4, 0.5) is 0 Å². The second-order valence-corrected chi connectivity index (χ2v) is 15.9. The Labute approximate surface area is 238 Å². The highest BCUT2D eigenvalue weighted by Crippen LogP contribution is 2.77. The quantitative estimate of drug-likeness (QED) is 0.264. The van der Waals surface area contributed by atoms with Crippen LogP contribution in [0.5, 0.6) is 0 Å². The zero-order valence-electron chi connectivity index (χ0n) is 25.8. The van der Waals surface area contributed by atoms with Crippen LogP contribution in [0.1, 0.15) is 187 Å². The van der Waals surface area contributed by atoms with Crippen LogP contribution in [0, 0.1) is 52.3 Å². The van der Waals surface area contributed by atoms with Gasteiger partial charge in [0.2, 0.25) is 0 Å². The van der Waals surface area contributed by atoms with E-state index in [1.807, 2.05) is 0 Å². The van der Waals surface area contributed by atoms with Gasteiger partial charge in [-0.05, 0) is 116 Å². The molecule has 0 heterocycles. The molecule has 0 aliphatic heterocycles. The minimum Gasteiger partial charge on any atom is -0.0651 e. The summed E-state index contributed by atoms with van der Waals surface area (Å²) in [5.74, 6) is 7.52. The zero-order chi connectivity index (χ0) is 25.8. The highest BCUT2D eigenvalue weighted by atomic mass is 14.7. The standard InChI is InChI=1S/C38H66/c1-2-36(30-18-17-19-30)38(35-28-29-35,34-26-15-16-27-34)37(33-24-13-8-14-25-33,32-22-11-6-7-12-23-32)31-20-9-4-3-5-10-21-31/h30-36H,2-29H2,1H3. The lowest BCUT2D eigenvalue weighted by molar-refractivity contribution is -0.223. The summed E-state index contributed by atoms with van der Waals surface area (Å²) in [5, 5.41) is 0. The molecule has 3 atom stereocenters. The molecule has 0 nitrogen and oxygen atoms in total. The van der Waals surface area contributed by atoms with Gasteiger partial charge in [0, 0.05) is 0 Å². The minimum atomic E-state index is 0.682. The van der Waals surface area contributed by atoms with Crippen LogP contribution < -0.4 is 0 Å². The minimum absolute atomic E-state index is 0.682. The molecule has 6 aliphatic rings. The Morgan fingerprint density at radius 1 is 0.395 bits per heavy atom. The lowest BCUT2D eigenvalue weighted by Gasteiger charge is -2.70. The maximum atomic E-state index is 2.70. The van der Waals surface area contributed by atoms with Crippen LogP contribution in [-0.2, 0) is 0 Å². The Bertz CT molecular complexity index is 688. The first kappa shape index (κ1) is 28.1. The molecule has 0 aromatic carbocycles. The van der Waals surface area contributed by atoms with Crippen molar-refractivity contribution in [3.63, 3.8) is 0 Å². The molecule has 0 radical (unpaired) electrons. The normalized spacial score (nSPS) is 32.4. The fourth-order valence-electron chi connectivity index (χ4n) is 13.2. The third kappa shape index (κ3) is 4.99. The number of rotatable bonds is 9. The van der Waals surface area contributed by atoms with Gasteiger partial charge in [-0.15, -0.1) is 0 Å². The third-order valence-electron chi connectivity index (χ3n) is 14.4. The van der Waals surface area contributed by atoms with Gasteiger partial charge in [-0.1, -0.05) is 122 Å². The van der Waals surface area contributed by atoms with Gasteiger partial charge < -0.3 is 0 Å². The monoisotopic (exact) mass is 523 g/mol. The second kappa shape index (κ2) is 12.9. The molecule has 0 heteroatoms. The summed E-state index contributed by atoms with van der Waals surface area (Å²) in [5.41, 5.74) is 1.38. The van der Waals surface area contributed by atoms with Crippen molar-refractivity contribution >= 4 is 0 Å². The molecule has 6 saturated carbocycles. The first-order valence-corrected chi connectivity index (χ1v) is 18.8. The average Bonchev–Trinajstić information content (AvgIpc) is 3.67. The van der Waals surface area contributed by atoms with Crippen molar-refractivity contribution in [2.45, 2.75) is 187 Å². The van der Waals surface area contributed by atoms with Crippen molar-refractivity contribution in [1.82, 2.24) is 0 Å². The molecule has 3 unspecified atom stereocenters. The van der Waals surface area contributed by atoms with Crippen molar-refractivity contribution in [3.8, 4) is 0 Å². The fourth-order valence-corrected chi connectivity index (χ4v) is 13.2. The molecular weight excluding hydrogens is 456 g/mol. The molecule has 6 rings (SSSR count). The predicted molar refractivity (Wildman–Crippen MR) is 164 cm³/mol. The molecule has 218 valence electrons. The Morgan fingerprint density at radius 2 is 0.737 bits per heavy atom. The number of hydrogen-bond donors (Lipinski definition) is 0. The van der Waals surface area contributed by atoms with E-state index < -0.39 is 0 Å². The molecule has 0 saturated heterocycles. The summed E-state index contributed by atoms with van der Waals surface area (Å²) in [6.45, 7) is 2.70. The molecule has 6 aliphatic carbocycles. The van der Waals surface area contributed by atoms with Crippen molar-refractivity contribution < 1.29 is 0 Å². The summed E-state index contributed by atoms with van der Waals surface area (Å²) in [6, 6.07) is 0. The van der Waals surface area contributed by atoms with Crippen molar-refractivity contribution in [2.75, 3.05) is 0 Å². The molecule has 0 amide bonds. The van der Waals surface area contributed by atoms with E-state index in [0.717, 1.165) is 41.4 Å². The molecule has 0 spiro atoms. The lowest BCUT2D eigenvalue weighted by Crippen LogP contribution is -2.64. The summed E-state index contributed by atoms with van der Waals surface area (Å²) in [4.78, 5) is 0. The summed E-state index contributed by atoms with van der Waals surface area (Å²) >= 11 is 0. The van der Waals surface area contributed by atoms with Crippen LogP contribution in [-0.4, -0.2) is 0 Å². The van der Waals surface area contributed by atoms with Gasteiger partial charge in [0.25, 0.3) is 0 Å².